The van der Waals surface area contributed by atoms with Gasteiger partial charge in [0, 0.05) is 12.5 Å². The van der Waals surface area contributed by atoms with Gasteiger partial charge in [0.1, 0.15) is 5.75 Å². The molecule has 3 aliphatic carbocycles. The van der Waals surface area contributed by atoms with Crippen LogP contribution in [-0.4, -0.2) is 28.0 Å². The average Bonchev–Trinajstić information content (AvgIpc) is 2.82. The van der Waals surface area contributed by atoms with Crippen LogP contribution in [0.2, 0.25) is 0 Å². The van der Waals surface area contributed by atoms with Crippen LogP contribution in [-0.2, 0) is 0 Å². The quantitative estimate of drug-likeness (QED) is 0.747. The highest BCUT2D eigenvalue weighted by Gasteiger charge is 2.55. The molecule has 3 aliphatic rings. The normalized spacial score (nSPS) is 43.3. The highest BCUT2D eigenvalue weighted by Crippen LogP contribution is 2.62. The third-order valence-corrected chi connectivity index (χ3v) is 7.07. The largest absolute Gasteiger partial charge is 0.508 e. The molecule has 0 bridgehead atoms. The van der Waals surface area contributed by atoms with Gasteiger partial charge in [-0.3, -0.25) is 0 Å². The molecular weight excluding hydrogens is 276 g/mol. The van der Waals surface area contributed by atoms with Gasteiger partial charge in [-0.25, -0.2) is 0 Å². The molecule has 3 heteroatoms. The molecule has 3 N–H and O–H groups in total. The highest BCUT2D eigenvalue weighted by molar-refractivity contribution is 5.42. The van der Waals surface area contributed by atoms with Crippen molar-refractivity contribution in [3.05, 3.63) is 29.3 Å². The predicted octanol–water partition coefficient (Wildman–Crippen LogP) is 3.14. The van der Waals surface area contributed by atoms with Crippen molar-refractivity contribution in [1.82, 2.24) is 0 Å². The molecule has 3 nitrogen and oxygen atoms in total. The first-order valence-corrected chi connectivity index (χ1v) is 8.66. The van der Waals surface area contributed by atoms with Crippen LogP contribution in [0.4, 0.5) is 0 Å². The lowest BCUT2D eigenvalue weighted by molar-refractivity contribution is -0.0265. The number of benzene rings is 1. The van der Waals surface area contributed by atoms with Crippen molar-refractivity contribution in [3.8, 4) is 5.75 Å². The summed E-state index contributed by atoms with van der Waals surface area (Å²) in [5.74, 6) is 2.08. The first kappa shape index (κ1) is 14.5. The van der Waals surface area contributed by atoms with Crippen LogP contribution in [0.25, 0.3) is 0 Å². The Morgan fingerprint density at radius 3 is 2.77 bits per heavy atom. The van der Waals surface area contributed by atoms with Gasteiger partial charge in [0.2, 0.25) is 0 Å². The van der Waals surface area contributed by atoms with Crippen LogP contribution in [0, 0.1) is 17.3 Å². The van der Waals surface area contributed by atoms with Gasteiger partial charge < -0.3 is 15.3 Å². The number of rotatable bonds is 1. The Kier molecular flexibility index (Phi) is 3.28. The first-order chi connectivity index (χ1) is 10.5. The number of aromatic hydroxyl groups is 1. The van der Waals surface area contributed by atoms with E-state index in [0.717, 1.165) is 37.7 Å². The van der Waals surface area contributed by atoms with Crippen LogP contribution >= 0.6 is 0 Å². The third kappa shape index (κ3) is 1.88. The molecule has 0 saturated heterocycles. The first-order valence-electron chi connectivity index (χ1n) is 8.66. The van der Waals surface area contributed by atoms with Crippen molar-refractivity contribution in [2.24, 2.45) is 17.3 Å². The summed E-state index contributed by atoms with van der Waals surface area (Å²) in [6.07, 6.45) is 5.08. The lowest BCUT2D eigenvalue weighted by Gasteiger charge is -2.51. The summed E-state index contributed by atoms with van der Waals surface area (Å²) >= 11 is 0. The molecule has 22 heavy (non-hydrogen) atoms. The summed E-state index contributed by atoms with van der Waals surface area (Å²) in [5, 5.41) is 30.1. The topological polar surface area (TPSA) is 60.7 Å². The van der Waals surface area contributed by atoms with E-state index in [9.17, 15) is 15.3 Å². The summed E-state index contributed by atoms with van der Waals surface area (Å²) in [4.78, 5) is 0. The van der Waals surface area contributed by atoms with E-state index in [1.807, 2.05) is 6.07 Å². The van der Waals surface area contributed by atoms with Gasteiger partial charge in [-0.1, -0.05) is 13.0 Å². The second-order valence-corrected chi connectivity index (χ2v) is 7.94. The number of hydrogen-bond donors (Lipinski definition) is 3. The van der Waals surface area contributed by atoms with E-state index in [2.05, 4.69) is 13.0 Å². The zero-order chi connectivity index (χ0) is 15.5. The number of phenols is 1. The Hall–Kier alpha value is -1.06. The number of aliphatic hydroxyl groups excluding tert-OH is 2. The van der Waals surface area contributed by atoms with Crippen molar-refractivity contribution in [1.29, 1.82) is 0 Å². The molecule has 0 aliphatic heterocycles. The third-order valence-electron chi connectivity index (χ3n) is 7.07. The maximum atomic E-state index is 10.4. The standard InChI is InChI=1S/C19H26O3/c1-19-7-6-14-13-3-2-12(21)9-15(13)11(10-20)8-16(14)17(19)4-5-18(19)22/h2-3,9,11,14,16-18,20-22H,4-8,10H2,1H3/t11?,14?,16?,17?,18-,19?/m0/s1. The lowest BCUT2D eigenvalue weighted by Crippen LogP contribution is -2.44. The summed E-state index contributed by atoms with van der Waals surface area (Å²) in [7, 11) is 0. The van der Waals surface area contributed by atoms with E-state index in [0.29, 0.717) is 23.5 Å². The van der Waals surface area contributed by atoms with Gasteiger partial charge in [0.25, 0.3) is 0 Å². The number of hydrogen-bond acceptors (Lipinski definition) is 3. The summed E-state index contributed by atoms with van der Waals surface area (Å²) in [6.45, 7) is 2.41. The van der Waals surface area contributed by atoms with Gasteiger partial charge in [-0.15, -0.1) is 0 Å². The number of fused-ring (bicyclic) bond motifs is 5. The van der Waals surface area contributed by atoms with Crippen LogP contribution in [0.1, 0.15) is 62.0 Å². The zero-order valence-corrected chi connectivity index (χ0v) is 13.2. The fraction of sp³-hybridized carbons (Fsp3) is 0.684. The monoisotopic (exact) mass is 302 g/mol. The molecule has 2 saturated carbocycles. The van der Waals surface area contributed by atoms with Crippen LogP contribution < -0.4 is 0 Å². The van der Waals surface area contributed by atoms with E-state index in [1.54, 1.807) is 6.07 Å². The van der Waals surface area contributed by atoms with E-state index < -0.39 is 0 Å². The Labute approximate surface area is 132 Å². The van der Waals surface area contributed by atoms with Crippen molar-refractivity contribution >= 4 is 0 Å². The molecule has 6 atom stereocenters. The van der Waals surface area contributed by atoms with E-state index >= 15 is 0 Å². The number of phenolic OH excluding ortho intramolecular Hbond substituents is 1. The second-order valence-electron chi connectivity index (χ2n) is 7.94. The van der Waals surface area contributed by atoms with Crippen molar-refractivity contribution in [3.63, 3.8) is 0 Å². The Morgan fingerprint density at radius 1 is 1.18 bits per heavy atom. The minimum atomic E-state index is -0.160. The fourth-order valence-electron chi connectivity index (χ4n) is 5.86. The smallest absolute Gasteiger partial charge is 0.115 e. The highest BCUT2D eigenvalue weighted by atomic mass is 16.3. The zero-order valence-electron chi connectivity index (χ0n) is 13.2. The molecule has 120 valence electrons. The predicted molar refractivity (Wildman–Crippen MR) is 84.9 cm³/mol. The van der Waals surface area contributed by atoms with Crippen LogP contribution in [0.15, 0.2) is 18.2 Å². The molecule has 0 spiro atoms. The van der Waals surface area contributed by atoms with Gasteiger partial charge in [0.15, 0.2) is 0 Å². The molecule has 0 radical (unpaired) electrons. The van der Waals surface area contributed by atoms with Crippen molar-refractivity contribution < 1.29 is 15.3 Å². The van der Waals surface area contributed by atoms with Crippen molar-refractivity contribution in [2.45, 2.75) is 57.0 Å². The molecule has 0 heterocycles. The van der Waals surface area contributed by atoms with E-state index in [1.165, 1.54) is 5.56 Å². The van der Waals surface area contributed by atoms with Gasteiger partial charge in [-0.2, -0.15) is 0 Å². The Bertz CT molecular complexity index is 584. The average molecular weight is 302 g/mol. The Balaban J connectivity index is 1.76. The summed E-state index contributed by atoms with van der Waals surface area (Å²) < 4.78 is 0. The van der Waals surface area contributed by atoms with Crippen molar-refractivity contribution in [2.75, 3.05) is 6.61 Å². The number of aliphatic hydroxyl groups is 2. The molecular formula is C19H26O3. The van der Waals surface area contributed by atoms with E-state index in [-0.39, 0.29) is 24.0 Å². The molecule has 2 fully saturated rings. The van der Waals surface area contributed by atoms with Gasteiger partial charge >= 0.3 is 0 Å². The van der Waals surface area contributed by atoms with E-state index in [4.69, 9.17) is 0 Å². The Morgan fingerprint density at radius 2 is 2.00 bits per heavy atom. The molecule has 4 rings (SSSR count). The minimum Gasteiger partial charge on any atom is -0.508 e. The molecule has 1 aromatic carbocycles. The van der Waals surface area contributed by atoms with Crippen LogP contribution in [0.5, 0.6) is 5.75 Å². The minimum absolute atomic E-state index is 0.0651. The van der Waals surface area contributed by atoms with Crippen LogP contribution in [0.3, 0.4) is 0 Å². The second kappa shape index (κ2) is 4.97. The maximum Gasteiger partial charge on any atom is 0.115 e. The SMILES string of the molecule is CC12CCC3c4ccc(O)cc4C(CO)CC3C1CC[C@@H]2O. The van der Waals surface area contributed by atoms with Gasteiger partial charge in [0.05, 0.1) is 6.10 Å². The summed E-state index contributed by atoms with van der Waals surface area (Å²) in [6, 6.07) is 5.70. The van der Waals surface area contributed by atoms with Gasteiger partial charge in [-0.05, 0) is 78.5 Å². The molecule has 0 aromatic heterocycles. The molecule has 0 amide bonds. The maximum absolute atomic E-state index is 10.4. The molecule has 5 unspecified atom stereocenters. The molecule has 1 aromatic rings. The summed E-state index contributed by atoms with van der Waals surface area (Å²) in [5.41, 5.74) is 2.54. The lowest BCUT2D eigenvalue weighted by atomic mass is 9.54. The fourth-order valence-corrected chi connectivity index (χ4v) is 5.86.